The number of methoxy groups -OCH3 is 1. The topological polar surface area (TPSA) is 96.2 Å². The minimum absolute atomic E-state index is 0.00548. The molecule has 0 aliphatic carbocycles. The number of hydrogen-bond acceptors (Lipinski definition) is 6. The van der Waals surface area contributed by atoms with E-state index in [0.717, 1.165) is 16.7 Å². The van der Waals surface area contributed by atoms with Crippen LogP contribution in [0.1, 0.15) is 86.7 Å². The van der Waals surface area contributed by atoms with Gasteiger partial charge in [-0.05, 0) is 78.5 Å². The molecule has 0 bridgehead atoms. The number of ketones is 1. The largest absolute Gasteiger partial charge is 0.507 e. The number of carbonyl (C=O) groups is 1. The second-order valence-electron chi connectivity index (χ2n) is 10.3. The van der Waals surface area contributed by atoms with Crippen LogP contribution in [0.2, 0.25) is 0 Å². The summed E-state index contributed by atoms with van der Waals surface area (Å²) in [5, 5.41) is 32.9. The van der Waals surface area contributed by atoms with E-state index < -0.39 is 6.10 Å². The van der Waals surface area contributed by atoms with E-state index in [1.807, 2.05) is 65.8 Å². The SMILES string of the molecule is COc1cc([C@@H]2CC(=O)c3c(O)c(CC=C(C)C)c(O)c(CC=C(C)C)c3O2)cc(CC=C(C)C)c1O. The van der Waals surface area contributed by atoms with E-state index in [-0.39, 0.29) is 40.8 Å². The van der Waals surface area contributed by atoms with E-state index in [0.29, 0.717) is 47.3 Å². The number of Topliss-reactive ketones (excluding diaryl/α,β-unsaturated/α-hetero) is 1. The predicted molar refractivity (Wildman–Crippen MR) is 146 cm³/mol. The third-order valence-corrected chi connectivity index (χ3v) is 6.43. The van der Waals surface area contributed by atoms with Crippen molar-refractivity contribution < 1.29 is 29.6 Å². The Bertz CT molecular complexity index is 1280. The number of phenolic OH excluding ortho intramolecular Hbond substituents is 3. The summed E-state index contributed by atoms with van der Waals surface area (Å²) in [4.78, 5) is 13.5. The van der Waals surface area contributed by atoms with E-state index in [1.165, 1.54) is 7.11 Å². The lowest BCUT2D eigenvalue weighted by atomic mass is 9.88. The van der Waals surface area contributed by atoms with Crippen molar-refractivity contribution >= 4 is 5.78 Å². The van der Waals surface area contributed by atoms with Gasteiger partial charge in [0, 0.05) is 16.7 Å². The second kappa shape index (κ2) is 11.6. The summed E-state index contributed by atoms with van der Waals surface area (Å²) in [6, 6.07) is 3.49. The Morgan fingerprint density at radius 3 is 2.00 bits per heavy atom. The molecule has 0 aromatic heterocycles. The zero-order valence-electron chi connectivity index (χ0n) is 22.9. The summed E-state index contributed by atoms with van der Waals surface area (Å²) in [5.41, 5.74) is 5.44. The lowest BCUT2D eigenvalue weighted by Crippen LogP contribution is -2.22. The van der Waals surface area contributed by atoms with Gasteiger partial charge in [-0.15, -0.1) is 0 Å². The number of rotatable bonds is 8. The Balaban J connectivity index is 2.17. The van der Waals surface area contributed by atoms with Crippen LogP contribution in [-0.2, 0) is 19.3 Å². The highest BCUT2D eigenvalue weighted by Crippen LogP contribution is 2.49. The van der Waals surface area contributed by atoms with Gasteiger partial charge in [-0.25, -0.2) is 0 Å². The van der Waals surface area contributed by atoms with E-state index in [2.05, 4.69) is 0 Å². The van der Waals surface area contributed by atoms with Crippen LogP contribution in [-0.4, -0.2) is 28.2 Å². The van der Waals surface area contributed by atoms with Gasteiger partial charge in [0.25, 0.3) is 0 Å². The summed E-state index contributed by atoms with van der Waals surface area (Å²) in [6.45, 7) is 11.8. The average molecular weight is 507 g/mol. The molecule has 1 atom stereocenters. The maximum atomic E-state index is 13.5. The van der Waals surface area contributed by atoms with Crippen LogP contribution < -0.4 is 9.47 Å². The molecule has 2 aromatic carbocycles. The van der Waals surface area contributed by atoms with Crippen LogP contribution in [0.4, 0.5) is 0 Å². The van der Waals surface area contributed by atoms with Gasteiger partial charge in [-0.3, -0.25) is 4.79 Å². The highest BCUT2D eigenvalue weighted by atomic mass is 16.5. The third kappa shape index (κ3) is 6.19. The Morgan fingerprint density at radius 1 is 0.865 bits per heavy atom. The molecule has 2 aromatic rings. The number of aromatic hydroxyl groups is 3. The fraction of sp³-hybridized carbons (Fsp3) is 0.387. The number of hydrogen-bond donors (Lipinski definition) is 3. The summed E-state index contributed by atoms with van der Waals surface area (Å²) in [5.74, 6) is -0.0148. The van der Waals surface area contributed by atoms with Crippen LogP contribution in [0.25, 0.3) is 0 Å². The van der Waals surface area contributed by atoms with Gasteiger partial charge in [0.2, 0.25) is 0 Å². The Hall–Kier alpha value is -3.67. The number of benzene rings is 2. The van der Waals surface area contributed by atoms with Gasteiger partial charge in [-0.2, -0.15) is 0 Å². The number of phenols is 3. The van der Waals surface area contributed by atoms with Crippen molar-refractivity contribution in [3.63, 3.8) is 0 Å². The molecule has 0 amide bonds. The molecule has 6 nitrogen and oxygen atoms in total. The van der Waals surface area contributed by atoms with Gasteiger partial charge < -0.3 is 24.8 Å². The van der Waals surface area contributed by atoms with Crippen LogP contribution in [0, 0.1) is 0 Å². The molecule has 1 aliphatic heterocycles. The van der Waals surface area contributed by atoms with E-state index in [1.54, 1.807) is 6.07 Å². The average Bonchev–Trinajstić information content (AvgIpc) is 2.82. The maximum absolute atomic E-state index is 13.5. The molecule has 6 heteroatoms. The van der Waals surface area contributed by atoms with Crippen molar-refractivity contribution in [2.45, 2.75) is 73.3 Å². The molecule has 0 saturated carbocycles. The summed E-state index contributed by atoms with van der Waals surface area (Å²) < 4.78 is 11.8. The van der Waals surface area contributed by atoms with Gasteiger partial charge in [-0.1, -0.05) is 34.9 Å². The van der Waals surface area contributed by atoms with Crippen molar-refractivity contribution in [1.82, 2.24) is 0 Å². The van der Waals surface area contributed by atoms with Crippen molar-refractivity contribution in [3.05, 3.63) is 74.9 Å². The third-order valence-electron chi connectivity index (χ3n) is 6.43. The first-order valence-corrected chi connectivity index (χ1v) is 12.5. The lowest BCUT2D eigenvalue weighted by molar-refractivity contribution is 0.0841. The summed E-state index contributed by atoms with van der Waals surface area (Å²) in [7, 11) is 1.48. The monoisotopic (exact) mass is 506 g/mol. The van der Waals surface area contributed by atoms with Gasteiger partial charge in [0.1, 0.15) is 28.9 Å². The molecule has 37 heavy (non-hydrogen) atoms. The standard InChI is InChI=1S/C31H38O6/c1-17(2)8-11-20-14-21(15-26(36-7)28(20)33)25-16-24(32)27-30(35)22(12-9-18(3)4)29(34)23(31(27)37-25)13-10-19(5)6/h8-10,14-15,25,33-35H,11-13,16H2,1-7H3/t25-/m0/s1. The van der Waals surface area contributed by atoms with Crippen molar-refractivity contribution in [3.8, 4) is 28.7 Å². The molecule has 0 unspecified atom stereocenters. The van der Waals surface area contributed by atoms with Crippen LogP contribution in [0.5, 0.6) is 28.7 Å². The molecule has 1 heterocycles. The molecule has 0 saturated heterocycles. The maximum Gasteiger partial charge on any atom is 0.174 e. The molecular formula is C31H38O6. The van der Waals surface area contributed by atoms with Gasteiger partial charge in [0.15, 0.2) is 17.3 Å². The molecule has 0 radical (unpaired) electrons. The zero-order valence-corrected chi connectivity index (χ0v) is 22.9. The van der Waals surface area contributed by atoms with E-state index >= 15 is 0 Å². The summed E-state index contributed by atoms with van der Waals surface area (Å²) in [6.07, 6.45) is 6.34. The number of allylic oxidation sites excluding steroid dienone is 6. The van der Waals surface area contributed by atoms with Crippen molar-refractivity contribution in [1.29, 1.82) is 0 Å². The summed E-state index contributed by atoms with van der Waals surface area (Å²) >= 11 is 0. The second-order valence-corrected chi connectivity index (χ2v) is 10.3. The number of fused-ring (bicyclic) bond motifs is 1. The fourth-order valence-electron chi connectivity index (χ4n) is 4.34. The molecule has 3 N–H and O–H groups in total. The Labute approximate surface area is 219 Å². The minimum atomic E-state index is -0.673. The quantitative estimate of drug-likeness (QED) is 0.332. The van der Waals surface area contributed by atoms with E-state index in [4.69, 9.17) is 9.47 Å². The molecule has 3 rings (SSSR count). The van der Waals surface area contributed by atoms with Crippen LogP contribution >= 0.6 is 0 Å². The molecule has 0 spiro atoms. The van der Waals surface area contributed by atoms with Crippen LogP contribution in [0.3, 0.4) is 0 Å². The highest BCUT2D eigenvalue weighted by Gasteiger charge is 2.36. The van der Waals surface area contributed by atoms with Crippen LogP contribution in [0.15, 0.2) is 47.1 Å². The lowest BCUT2D eigenvalue weighted by Gasteiger charge is -2.30. The molecule has 1 aliphatic rings. The van der Waals surface area contributed by atoms with Gasteiger partial charge in [0.05, 0.1) is 13.5 Å². The first kappa shape index (κ1) is 27.9. The normalized spacial score (nSPS) is 14.4. The minimum Gasteiger partial charge on any atom is -0.507 e. The zero-order chi connectivity index (χ0) is 27.4. The number of carbonyl (C=O) groups excluding carboxylic acids is 1. The fourth-order valence-corrected chi connectivity index (χ4v) is 4.34. The molecule has 198 valence electrons. The Kier molecular flexibility index (Phi) is 8.74. The molecule has 0 fully saturated rings. The smallest absolute Gasteiger partial charge is 0.174 e. The predicted octanol–water partition coefficient (Wildman–Crippen LogP) is 7.04. The first-order chi connectivity index (χ1) is 17.4. The van der Waals surface area contributed by atoms with Crippen molar-refractivity contribution in [2.24, 2.45) is 0 Å². The Morgan fingerprint density at radius 2 is 1.43 bits per heavy atom. The molecular weight excluding hydrogens is 468 g/mol. The highest BCUT2D eigenvalue weighted by molar-refractivity contribution is 6.04. The van der Waals surface area contributed by atoms with E-state index in [9.17, 15) is 20.1 Å². The first-order valence-electron chi connectivity index (χ1n) is 12.5. The van der Waals surface area contributed by atoms with Crippen molar-refractivity contribution in [2.75, 3.05) is 7.11 Å². The number of ether oxygens (including phenoxy) is 2. The van der Waals surface area contributed by atoms with Gasteiger partial charge >= 0.3 is 0 Å².